The zero-order valence-electron chi connectivity index (χ0n) is 10.9. The van der Waals surface area contributed by atoms with Crippen LogP contribution < -0.4 is 10.5 Å². The molecule has 1 aliphatic rings. The standard InChI is InChI=1S/C14H21FN2O/c1-18-14-5-4-12(15)8-13(14)11(9-16)10-17-6-2-3-7-17/h4-5,8,11H,2-3,6-7,9-10,16H2,1H3. The number of ether oxygens (including phenoxy) is 1. The Bertz CT molecular complexity index is 391. The lowest BCUT2D eigenvalue weighted by Crippen LogP contribution is -2.29. The highest BCUT2D eigenvalue weighted by atomic mass is 19.1. The van der Waals surface area contributed by atoms with Gasteiger partial charge in [-0.2, -0.15) is 0 Å². The molecular formula is C14H21FN2O. The van der Waals surface area contributed by atoms with Gasteiger partial charge in [-0.1, -0.05) is 0 Å². The predicted molar refractivity (Wildman–Crippen MR) is 70.4 cm³/mol. The van der Waals surface area contributed by atoms with Gasteiger partial charge in [0.15, 0.2) is 0 Å². The molecule has 18 heavy (non-hydrogen) atoms. The van der Waals surface area contributed by atoms with Gasteiger partial charge in [0.05, 0.1) is 7.11 Å². The molecule has 0 radical (unpaired) electrons. The minimum absolute atomic E-state index is 0.133. The van der Waals surface area contributed by atoms with E-state index in [4.69, 9.17) is 10.5 Å². The van der Waals surface area contributed by atoms with E-state index in [1.165, 1.54) is 18.9 Å². The summed E-state index contributed by atoms with van der Waals surface area (Å²) in [5.41, 5.74) is 6.73. The second-order valence-corrected chi connectivity index (χ2v) is 4.83. The van der Waals surface area contributed by atoms with Gasteiger partial charge in [-0.05, 0) is 44.1 Å². The smallest absolute Gasteiger partial charge is 0.123 e. The van der Waals surface area contributed by atoms with Crippen LogP contribution >= 0.6 is 0 Å². The molecule has 4 heteroatoms. The fraction of sp³-hybridized carbons (Fsp3) is 0.571. The van der Waals surface area contributed by atoms with Crippen molar-refractivity contribution in [2.45, 2.75) is 18.8 Å². The second-order valence-electron chi connectivity index (χ2n) is 4.83. The Kier molecular flexibility index (Phi) is 4.55. The van der Waals surface area contributed by atoms with Crippen LogP contribution in [0.4, 0.5) is 4.39 Å². The van der Waals surface area contributed by atoms with E-state index in [1.807, 2.05) is 0 Å². The number of hydrogen-bond acceptors (Lipinski definition) is 3. The van der Waals surface area contributed by atoms with Crippen LogP contribution in [-0.2, 0) is 0 Å². The average Bonchev–Trinajstić information content (AvgIpc) is 2.88. The monoisotopic (exact) mass is 252 g/mol. The molecule has 3 nitrogen and oxygen atoms in total. The van der Waals surface area contributed by atoms with Gasteiger partial charge in [-0.25, -0.2) is 4.39 Å². The van der Waals surface area contributed by atoms with Gasteiger partial charge in [0.25, 0.3) is 0 Å². The van der Waals surface area contributed by atoms with E-state index < -0.39 is 0 Å². The molecule has 1 aromatic rings. The fourth-order valence-corrected chi connectivity index (χ4v) is 2.60. The van der Waals surface area contributed by atoms with Crippen molar-refractivity contribution < 1.29 is 9.13 Å². The summed E-state index contributed by atoms with van der Waals surface area (Å²) in [6, 6.07) is 4.65. The molecule has 1 heterocycles. The number of hydrogen-bond donors (Lipinski definition) is 1. The summed E-state index contributed by atoms with van der Waals surface area (Å²) in [7, 11) is 1.61. The molecule has 100 valence electrons. The average molecular weight is 252 g/mol. The zero-order valence-corrected chi connectivity index (χ0v) is 10.9. The lowest BCUT2D eigenvalue weighted by molar-refractivity contribution is 0.310. The first kappa shape index (κ1) is 13.3. The van der Waals surface area contributed by atoms with Gasteiger partial charge in [-0.3, -0.25) is 0 Å². The van der Waals surface area contributed by atoms with E-state index in [9.17, 15) is 4.39 Å². The summed E-state index contributed by atoms with van der Waals surface area (Å²) in [5, 5.41) is 0. The number of benzene rings is 1. The Hall–Kier alpha value is -1.13. The number of halogens is 1. The van der Waals surface area contributed by atoms with Crippen molar-refractivity contribution in [1.82, 2.24) is 4.90 Å². The third kappa shape index (κ3) is 3.00. The van der Waals surface area contributed by atoms with Crippen molar-refractivity contribution in [1.29, 1.82) is 0 Å². The SMILES string of the molecule is COc1ccc(F)cc1C(CN)CN1CCCC1. The predicted octanol–water partition coefficient (Wildman–Crippen LogP) is 1.97. The summed E-state index contributed by atoms with van der Waals surface area (Å²) >= 11 is 0. The Labute approximate surface area is 108 Å². The van der Waals surface area contributed by atoms with Crippen molar-refractivity contribution in [2.24, 2.45) is 5.73 Å². The van der Waals surface area contributed by atoms with Crippen molar-refractivity contribution >= 4 is 0 Å². The summed E-state index contributed by atoms with van der Waals surface area (Å²) in [4.78, 5) is 2.39. The van der Waals surface area contributed by atoms with E-state index in [0.29, 0.717) is 6.54 Å². The molecule has 1 unspecified atom stereocenters. The molecule has 0 bridgehead atoms. The van der Waals surface area contributed by atoms with E-state index in [0.717, 1.165) is 30.9 Å². The molecule has 0 aromatic heterocycles. The second kappa shape index (κ2) is 6.16. The minimum atomic E-state index is -0.231. The van der Waals surface area contributed by atoms with Crippen LogP contribution in [0.1, 0.15) is 24.3 Å². The Balaban J connectivity index is 2.17. The molecular weight excluding hydrogens is 231 g/mol. The third-order valence-corrected chi connectivity index (χ3v) is 3.59. The van der Waals surface area contributed by atoms with E-state index in [-0.39, 0.29) is 11.7 Å². The Morgan fingerprint density at radius 2 is 2.11 bits per heavy atom. The minimum Gasteiger partial charge on any atom is -0.496 e. The molecule has 1 atom stereocenters. The molecule has 1 fully saturated rings. The first-order valence-corrected chi connectivity index (χ1v) is 6.50. The normalized spacial score (nSPS) is 17.9. The Morgan fingerprint density at radius 3 is 2.72 bits per heavy atom. The van der Waals surface area contributed by atoms with Gasteiger partial charge < -0.3 is 15.4 Å². The molecule has 1 aliphatic heterocycles. The molecule has 2 rings (SSSR count). The molecule has 0 aliphatic carbocycles. The quantitative estimate of drug-likeness (QED) is 0.870. The highest BCUT2D eigenvalue weighted by Crippen LogP contribution is 2.28. The molecule has 1 aromatic carbocycles. The van der Waals surface area contributed by atoms with Gasteiger partial charge in [-0.15, -0.1) is 0 Å². The highest BCUT2D eigenvalue weighted by molar-refractivity contribution is 5.37. The van der Waals surface area contributed by atoms with Gasteiger partial charge in [0.2, 0.25) is 0 Å². The number of methoxy groups -OCH3 is 1. The zero-order chi connectivity index (χ0) is 13.0. The van der Waals surface area contributed by atoms with Crippen LogP contribution in [0, 0.1) is 5.82 Å². The number of rotatable bonds is 5. The molecule has 0 saturated carbocycles. The van der Waals surface area contributed by atoms with Crippen LogP contribution in [0.2, 0.25) is 0 Å². The molecule has 0 amide bonds. The van der Waals surface area contributed by atoms with Crippen molar-refractivity contribution in [2.75, 3.05) is 33.3 Å². The first-order valence-electron chi connectivity index (χ1n) is 6.50. The van der Waals surface area contributed by atoms with Gasteiger partial charge in [0.1, 0.15) is 11.6 Å². The van der Waals surface area contributed by atoms with Crippen LogP contribution in [0.5, 0.6) is 5.75 Å². The molecule has 0 spiro atoms. The number of likely N-dealkylation sites (tertiary alicyclic amines) is 1. The fourth-order valence-electron chi connectivity index (χ4n) is 2.60. The van der Waals surface area contributed by atoms with E-state index >= 15 is 0 Å². The van der Waals surface area contributed by atoms with Gasteiger partial charge >= 0.3 is 0 Å². The number of nitrogens with two attached hydrogens (primary N) is 1. The van der Waals surface area contributed by atoms with E-state index in [2.05, 4.69) is 4.90 Å². The van der Waals surface area contributed by atoms with Crippen LogP contribution in [0.25, 0.3) is 0 Å². The summed E-state index contributed by atoms with van der Waals surface area (Å²) in [6.45, 7) is 3.63. The molecule has 1 saturated heterocycles. The largest absolute Gasteiger partial charge is 0.496 e. The van der Waals surface area contributed by atoms with Gasteiger partial charge in [0, 0.05) is 24.6 Å². The van der Waals surface area contributed by atoms with Crippen LogP contribution in [-0.4, -0.2) is 38.2 Å². The topological polar surface area (TPSA) is 38.5 Å². The van der Waals surface area contributed by atoms with Crippen LogP contribution in [0.3, 0.4) is 0 Å². The maximum atomic E-state index is 13.4. The van der Waals surface area contributed by atoms with Crippen LogP contribution in [0.15, 0.2) is 18.2 Å². The summed E-state index contributed by atoms with van der Waals surface area (Å²) < 4.78 is 18.7. The van der Waals surface area contributed by atoms with E-state index in [1.54, 1.807) is 19.2 Å². The Morgan fingerprint density at radius 1 is 1.39 bits per heavy atom. The maximum absolute atomic E-state index is 13.4. The highest BCUT2D eigenvalue weighted by Gasteiger charge is 2.21. The first-order chi connectivity index (χ1) is 8.74. The maximum Gasteiger partial charge on any atom is 0.123 e. The summed E-state index contributed by atoms with van der Waals surface area (Å²) in [6.07, 6.45) is 2.50. The van der Waals surface area contributed by atoms with Crippen molar-refractivity contribution in [3.63, 3.8) is 0 Å². The third-order valence-electron chi connectivity index (χ3n) is 3.59. The lowest BCUT2D eigenvalue weighted by Gasteiger charge is -2.24. The lowest BCUT2D eigenvalue weighted by atomic mass is 9.97. The summed E-state index contributed by atoms with van der Waals surface area (Å²) in [5.74, 6) is 0.630. The number of nitrogens with zero attached hydrogens (tertiary/aromatic N) is 1. The van der Waals surface area contributed by atoms with Crippen molar-refractivity contribution in [3.05, 3.63) is 29.6 Å². The van der Waals surface area contributed by atoms with Crippen molar-refractivity contribution in [3.8, 4) is 5.75 Å². The molecule has 2 N–H and O–H groups in total.